The summed E-state index contributed by atoms with van der Waals surface area (Å²) < 4.78 is 10.9. The van der Waals surface area contributed by atoms with E-state index in [1.54, 1.807) is 0 Å². The summed E-state index contributed by atoms with van der Waals surface area (Å²) in [7, 11) is 0. The summed E-state index contributed by atoms with van der Waals surface area (Å²) in [6.45, 7) is 2.02. The number of nitrogens with zero attached hydrogens (tertiary/aromatic N) is 4. The highest BCUT2D eigenvalue weighted by molar-refractivity contribution is 6.10. The normalized spacial score (nSPS) is 11.6. The van der Waals surface area contributed by atoms with Crippen LogP contribution in [-0.2, 0) is 0 Å². The predicted molar refractivity (Wildman–Crippen MR) is 162 cm³/mol. The molecule has 0 aliphatic rings. The van der Waals surface area contributed by atoms with Gasteiger partial charge in [0.2, 0.25) is 0 Å². The van der Waals surface area contributed by atoms with E-state index >= 15 is 0 Å². The van der Waals surface area contributed by atoms with Crippen LogP contribution in [-0.4, -0.2) is 19.1 Å². The fraction of sp³-hybridized carbons (Fsp3) is 0.0286. The standard InChI is InChI=1S/C35H24N4O/c1-23-9-8-15-35(37-23)39-31-13-5-3-11-27(31)29-19-17-25(22-33(29)39)40-24-16-18-28-26-10-2-4-12-30(26)38(32(28)21-24)34-14-6-7-20-36-34/h2-22H,1H3. The zero-order valence-electron chi connectivity index (χ0n) is 21.8. The average Bonchev–Trinajstić information content (AvgIpc) is 3.50. The quantitative estimate of drug-likeness (QED) is 0.235. The van der Waals surface area contributed by atoms with Crippen LogP contribution in [0.3, 0.4) is 0 Å². The molecule has 0 aliphatic heterocycles. The SMILES string of the molecule is Cc1cccc(-n2c3ccccc3c3ccc(Oc4ccc5c6ccccc6n(-c6ccccn6)c5c4)cc32)n1. The van der Waals surface area contributed by atoms with Gasteiger partial charge in [0, 0.05) is 45.6 Å². The van der Waals surface area contributed by atoms with Crippen LogP contribution in [0.4, 0.5) is 0 Å². The Morgan fingerprint density at radius 3 is 1.65 bits per heavy atom. The lowest BCUT2D eigenvalue weighted by molar-refractivity contribution is 0.484. The van der Waals surface area contributed by atoms with Gasteiger partial charge in [-0.3, -0.25) is 9.13 Å². The molecular formula is C35H24N4O. The maximum atomic E-state index is 6.52. The Balaban J connectivity index is 1.29. The van der Waals surface area contributed by atoms with Crippen molar-refractivity contribution < 1.29 is 4.74 Å². The van der Waals surface area contributed by atoms with E-state index in [-0.39, 0.29) is 0 Å². The van der Waals surface area contributed by atoms with Crippen molar-refractivity contribution in [3.05, 3.63) is 133 Å². The second-order valence-electron chi connectivity index (χ2n) is 9.99. The molecule has 0 saturated carbocycles. The molecule has 0 radical (unpaired) electrons. The second kappa shape index (κ2) is 8.82. The summed E-state index contributed by atoms with van der Waals surface area (Å²) in [6, 6.07) is 41.6. The molecule has 4 aromatic carbocycles. The molecule has 0 unspecified atom stereocenters. The molecule has 4 aromatic heterocycles. The number of hydrogen-bond acceptors (Lipinski definition) is 3. The smallest absolute Gasteiger partial charge is 0.137 e. The number of hydrogen-bond donors (Lipinski definition) is 0. The number of pyridine rings is 2. The number of fused-ring (bicyclic) bond motifs is 6. The summed E-state index contributed by atoms with van der Waals surface area (Å²) in [4.78, 5) is 9.48. The summed E-state index contributed by atoms with van der Waals surface area (Å²) in [5.41, 5.74) is 5.32. The lowest BCUT2D eigenvalue weighted by Gasteiger charge is -2.10. The molecule has 5 nitrogen and oxygen atoms in total. The van der Waals surface area contributed by atoms with Crippen LogP contribution in [0.15, 0.2) is 128 Å². The van der Waals surface area contributed by atoms with E-state index in [0.29, 0.717) is 0 Å². The molecule has 0 saturated heterocycles. The maximum absolute atomic E-state index is 6.52. The van der Waals surface area contributed by atoms with Crippen molar-refractivity contribution in [3.63, 3.8) is 0 Å². The van der Waals surface area contributed by atoms with Crippen molar-refractivity contribution in [3.8, 4) is 23.1 Å². The van der Waals surface area contributed by atoms with Crippen molar-refractivity contribution in [1.29, 1.82) is 0 Å². The number of benzene rings is 4. The van der Waals surface area contributed by atoms with Crippen molar-refractivity contribution in [2.45, 2.75) is 6.92 Å². The minimum atomic E-state index is 0.767. The summed E-state index contributed by atoms with van der Waals surface area (Å²) >= 11 is 0. The fourth-order valence-electron chi connectivity index (χ4n) is 5.80. The molecule has 4 heterocycles. The Bertz CT molecular complexity index is 2210. The lowest BCUT2D eigenvalue weighted by atomic mass is 10.1. The van der Waals surface area contributed by atoms with Crippen LogP contribution in [0.1, 0.15) is 5.69 Å². The highest BCUT2D eigenvalue weighted by Gasteiger charge is 2.16. The molecule has 0 atom stereocenters. The summed E-state index contributed by atoms with van der Waals surface area (Å²) in [6.07, 6.45) is 1.83. The van der Waals surface area contributed by atoms with Crippen LogP contribution in [0.5, 0.6) is 11.5 Å². The van der Waals surface area contributed by atoms with Crippen LogP contribution in [0.2, 0.25) is 0 Å². The van der Waals surface area contributed by atoms with Crippen molar-refractivity contribution in [2.24, 2.45) is 0 Å². The van der Waals surface area contributed by atoms with Gasteiger partial charge in [-0.25, -0.2) is 9.97 Å². The van der Waals surface area contributed by atoms with E-state index in [0.717, 1.165) is 61.7 Å². The van der Waals surface area contributed by atoms with Gasteiger partial charge in [-0.05, 0) is 67.6 Å². The highest BCUT2D eigenvalue weighted by Crippen LogP contribution is 2.37. The lowest BCUT2D eigenvalue weighted by Crippen LogP contribution is -1.98. The Kier molecular flexibility index (Phi) is 4.97. The van der Waals surface area contributed by atoms with Gasteiger partial charge in [-0.1, -0.05) is 48.5 Å². The average molecular weight is 517 g/mol. The van der Waals surface area contributed by atoms with Gasteiger partial charge in [-0.2, -0.15) is 0 Å². The third-order valence-electron chi connectivity index (χ3n) is 7.51. The van der Waals surface area contributed by atoms with Gasteiger partial charge in [0.05, 0.1) is 22.1 Å². The fourth-order valence-corrected chi connectivity index (χ4v) is 5.80. The van der Waals surface area contributed by atoms with Gasteiger partial charge in [-0.15, -0.1) is 0 Å². The van der Waals surface area contributed by atoms with Gasteiger partial charge < -0.3 is 4.74 Å². The third kappa shape index (κ3) is 3.48. The zero-order chi connectivity index (χ0) is 26.6. The molecule has 0 fully saturated rings. The first-order valence-corrected chi connectivity index (χ1v) is 13.3. The van der Waals surface area contributed by atoms with E-state index in [1.807, 2.05) is 49.5 Å². The number of rotatable bonds is 4. The highest BCUT2D eigenvalue weighted by atomic mass is 16.5. The molecule has 40 heavy (non-hydrogen) atoms. The number of ether oxygens (including phenoxy) is 1. The Hall–Kier alpha value is -5.42. The number of aromatic nitrogens is 4. The van der Waals surface area contributed by atoms with E-state index in [4.69, 9.17) is 9.72 Å². The molecule has 0 amide bonds. The van der Waals surface area contributed by atoms with Crippen molar-refractivity contribution in [1.82, 2.24) is 19.1 Å². The van der Waals surface area contributed by atoms with Gasteiger partial charge >= 0.3 is 0 Å². The van der Waals surface area contributed by atoms with E-state index in [2.05, 4.69) is 99.0 Å². The first-order chi connectivity index (χ1) is 19.7. The van der Waals surface area contributed by atoms with Crippen molar-refractivity contribution >= 4 is 43.6 Å². The maximum Gasteiger partial charge on any atom is 0.137 e. The second-order valence-corrected chi connectivity index (χ2v) is 9.99. The molecule has 5 heteroatoms. The zero-order valence-corrected chi connectivity index (χ0v) is 21.8. The van der Waals surface area contributed by atoms with Crippen LogP contribution < -0.4 is 4.74 Å². The molecule has 8 rings (SSSR count). The monoisotopic (exact) mass is 516 g/mol. The van der Waals surface area contributed by atoms with Gasteiger partial charge in [0.25, 0.3) is 0 Å². The van der Waals surface area contributed by atoms with E-state index < -0.39 is 0 Å². The summed E-state index contributed by atoms with van der Waals surface area (Å²) in [5.74, 6) is 3.30. The minimum Gasteiger partial charge on any atom is -0.457 e. The number of aryl methyl sites for hydroxylation is 1. The molecule has 8 aromatic rings. The van der Waals surface area contributed by atoms with E-state index in [1.165, 1.54) is 10.8 Å². The molecule has 0 bridgehead atoms. The van der Waals surface area contributed by atoms with Gasteiger partial charge in [0.15, 0.2) is 0 Å². The van der Waals surface area contributed by atoms with Crippen LogP contribution >= 0.6 is 0 Å². The van der Waals surface area contributed by atoms with Gasteiger partial charge in [0.1, 0.15) is 23.1 Å². The molecular weight excluding hydrogens is 492 g/mol. The Morgan fingerprint density at radius 2 is 1.05 bits per heavy atom. The predicted octanol–water partition coefficient (Wildman–Crippen LogP) is 8.77. The minimum absolute atomic E-state index is 0.767. The molecule has 0 spiro atoms. The summed E-state index contributed by atoms with van der Waals surface area (Å²) in [5, 5.41) is 4.70. The first kappa shape index (κ1) is 22.6. The number of para-hydroxylation sites is 2. The molecule has 0 N–H and O–H groups in total. The molecule has 0 aliphatic carbocycles. The van der Waals surface area contributed by atoms with Crippen molar-refractivity contribution in [2.75, 3.05) is 0 Å². The molecule has 190 valence electrons. The van der Waals surface area contributed by atoms with E-state index in [9.17, 15) is 0 Å². The Labute approximate surface area is 230 Å². The Morgan fingerprint density at radius 1 is 0.500 bits per heavy atom. The topological polar surface area (TPSA) is 44.9 Å². The largest absolute Gasteiger partial charge is 0.457 e. The van der Waals surface area contributed by atoms with Crippen LogP contribution in [0.25, 0.3) is 55.2 Å². The first-order valence-electron chi connectivity index (χ1n) is 13.3. The third-order valence-corrected chi connectivity index (χ3v) is 7.51. The van der Waals surface area contributed by atoms with Crippen LogP contribution in [0, 0.1) is 6.92 Å².